The minimum Gasteiger partial charge on any atom is -0.338 e. The van der Waals surface area contributed by atoms with Crippen LogP contribution in [0.5, 0.6) is 0 Å². The molecule has 0 saturated heterocycles. The van der Waals surface area contributed by atoms with Gasteiger partial charge in [0.15, 0.2) is 0 Å². The van der Waals surface area contributed by atoms with Gasteiger partial charge in [0.25, 0.3) is 0 Å². The number of allylic oxidation sites excluding steroid dienone is 1. The molecule has 1 saturated carbocycles. The quantitative estimate of drug-likeness (QED) is 0.851. The Bertz CT molecular complexity index is 490. The lowest BCUT2D eigenvalue weighted by Gasteiger charge is -2.10. The van der Waals surface area contributed by atoms with Gasteiger partial charge >= 0.3 is 6.03 Å². The first-order valence-corrected chi connectivity index (χ1v) is 7.60. The molecule has 21 heavy (non-hydrogen) atoms. The van der Waals surface area contributed by atoms with Gasteiger partial charge in [0.2, 0.25) is 0 Å². The highest BCUT2D eigenvalue weighted by Crippen LogP contribution is 2.30. The number of amides is 2. The van der Waals surface area contributed by atoms with Gasteiger partial charge in [-0.25, -0.2) is 9.18 Å². The molecule has 3 nitrogen and oxygen atoms in total. The number of benzene rings is 1. The summed E-state index contributed by atoms with van der Waals surface area (Å²) in [7, 11) is 0. The van der Waals surface area contributed by atoms with Gasteiger partial charge in [-0.3, -0.25) is 0 Å². The fraction of sp³-hybridized carbons (Fsp3) is 0.471. The molecule has 0 atom stereocenters. The van der Waals surface area contributed by atoms with Crippen molar-refractivity contribution in [2.75, 3.05) is 6.54 Å². The number of halogens is 1. The fourth-order valence-corrected chi connectivity index (χ4v) is 2.70. The zero-order valence-electron chi connectivity index (χ0n) is 12.5. The van der Waals surface area contributed by atoms with Crippen molar-refractivity contribution in [1.29, 1.82) is 0 Å². The monoisotopic (exact) mass is 290 g/mol. The van der Waals surface area contributed by atoms with Crippen molar-refractivity contribution in [3.05, 3.63) is 47.4 Å². The SMILES string of the molecule is C/C(=C\NC(=O)NCCc1ccc(F)cc1)C1CCCC1. The largest absolute Gasteiger partial charge is 0.338 e. The topological polar surface area (TPSA) is 41.1 Å². The van der Waals surface area contributed by atoms with Crippen LogP contribution < -0.4 is 10.6 Å². The minimum absolute atomic E-state index is 0.186. The second-order valence-electron chi connectivity index (χ2n) is 5.65. The average molecular weight is 290 g/mol. The van der Waals surface area contributed by atoms with Crippen molar-refractivity contribution in [1.82, 2.24) is 10.6 Å². The Labute approximate surface area is 125 Å². The molecule has 4 heteroatoms. The number of nitrogens with one attached hydrogen (secondary N) is 2. The molecule has 1 aliphatic rings. The lowest BCUT2D eigenvalue weighted by Crippen LogP contribution is -2.33. The Morgan fingerprint density at radius 1 is 1.29 bits per heavy atom. The predicted molar refractivity (Wildman–Crippen MR) is 82.4 cm³/mol. The Morgan fingerprint density at radius 2 is 1.95 bits per heavy atom. The van der Waals surface area contributed by atoms with Crippen LogP contribution in [0.15, 0.2) is 36.0 Å². The third-order valence-electron chi connectivity index (χ3n) is 4.04. The van der Waals surface area contributed by atoms with E-state index >= 15 is 0 Å². The maximum atomic E-state index is 12.8. The molecular formula is C17H23FN2O. The van der Waals surface area contributed by atoms with Gasteiger partial charge in [-0.2, -0.15) is 0 Å². The lowest BCUT2D eigenvalue weighted by molar-refractivity contribution is 0.244. The summed E-state index contributed by atoms with van der Waals surface area (Å²) in [5.41, 5.74) is 2.26. The third kappa shape index (κ3) is 5.21. The number of hydrogen-bond acceptors (Lipinski definition) is 1. The summed E-state index contributed by atoms with van der Waals surface area (Å²) < 4.78 is 12.8. The van der Waals surface area contributed by atoms with Gasteiger partial charge in [0, 0.05) is 12.7 Å². The molecule has 0 aliphatic heterocycles. The van der Waals surface area contributed by atoms with Crippen LogP contribution >= 0.6 is 0 Å². The highest BCUT2D eigenvalue weighted by Gasteiger charge is 2.16. The van der Waals surface area contributed by atoms with Crippen LogP contribution in [-0.4, -0.2) is 12.6 Å². The summed E-state index contributed by atoms with van der Waals surface area (Å²) in [5, 5.41) is 5.59. The van der Waals surface area contributed by atoms with E-state index in [-0.39, 0.29) is 11.8 Å². The molecule has 0 unspecified atom stereocenters. The molecule has 2 amide bonds. The number of urea groups is 1. The zero-order valence-corrected chi connectivity index (χ0v) is 12.5. The van der Waals surface area contributed by atoms with Crippen LogP contribution in [0, 0.1) is 11.7 Å². The number of carbonyl (C=O) groups is 1. The van der Waals surface area contributed by atoms with E-state index in [0.717, 1.165) is 5.56 Å². The first-order chi connectivity index (χ1) is 10.1. The molecule has 1 aliphatic carbocycles. The predicted octanol–water partition coefficient (Wildman–Crippen LogP) is 3.76. The van der Waals surface area contributed by atoms with Crippen LogP contribution in [0.25, 0.3) is 0 Å². The lowest BCUT2D eigenvalue weighted by atomic mass is 10.0. The zero-order chi connectivity index (χ0) is 15.1. The highest BCUT2D eigenvalue weighted by atomic mass is 19.1. The van der Waals surface area contributed by atoms with Crippen molar-refractivity contribution < 1.29 is 9.18 Å². The molecule has 0 spiro atoms. The van der Waals surface area contributed by atoms with Gasteiger partial charge in [-0.05, 0) is 49.8 Å². The second-order valence-corrected chi connectivity index (χ2v) is 5.65. The van der Waals surface area contributed by atoms with E-state index in [9.17, 15) is 9.18 Å². The van der Waals surface area contributed by atoms with Crippen LogP contribution in [-0.2, 0) is 6.42 Å². The number of carbonyl (C=O) groups excluding carboxylic acids is 1. The van der Waals surface area contributed by atoms with E-state index in [1.54, 1.807) is 12.1 Å². The van der Waals surface area contributed by atoms with Crippen molar-refractivity contribution in [2.45, 2.75) is 39.0 Å². The molecule has 0 radical (unpaired) electrons. The average Bonchev–Trinajstić information content (AvgIpc) is 3.01. The van der Waals surface area contributed by atoms with E-state index in [0.29, 0.717) is 18.9 Å². The van der Waals surface area contributed by atoms with Crippen LogP contribution in [0.1, 0.15) is 38.2 Å². The molecule has 0 bridgehead atoms. The number of hydrogen-bond donors (Lipinski definition) is 2. The first kappa shape index (κ1) is 15.5. The molecule has 2 N–H and O–H groups in total. The molecule has 2 rings (SSSR count). The second kappa shape index (κ2) is 7.81. The van der Waals surface area contributed by atoms with Gasteiger partial charge in [0.1, 0.15) is 5.82 Å². The van der Waals surface area contributed by atoms with Crippen LogP contribution in [0.4, 0.5) is 9.18 Å². The van der Waals surface area contributed by atoms with E-state index < -0.39 is 0 Å². The van der Waals surface area contributed by atoms with Crippen LogP contribution in [0.2, 0.25) is 0 Å². The third-order valence-corrected chi connectivity index (χ3v) is 4.04. The fourth-order valence-electron chi connectivity index (χ4n) is 2.70. The van der Waals surface area contributed by atoms with E-state index in [2.05, 4.69) is 17.6 Å². The standard InChI is InChI=1S/C17H23FN2O/c1-13(15-4-2-3-5-15)12-20-17(21)19-11-10-14-6-8-16(18)9-7-14/h6-9,12,15H,2-5,10-11H2,1H3,(H2,19,20,21)/b13-12+. The Hall–Kier alpha value is -1.84. The molecule has 1 fully saturated rings. The summed E-state index contributed by atoms with van der Waals surface area (Å²) >= 11 is 0. The van der Waals surface area contributed by atoms with Crippen molar-refractivity contribution in [3.8, 4) is 0 Å². The first-order valence-electron chi connectivity index (χ1n) is 7.60. The smallest absolute Gasteiger partial charge is 0.318 e. The van der Waals surface area contributed by atoms with Crippen molar-refractivity contribution in [2.24, 2.45) is 5.92 Å². The maximum Gasteiger partial charge on any atom is 0.318 e. The molecular weight excluding hydrogens is 267 g/mol. The van der Waals surface area contributed by atoms with Crippen LogP contribution in [0.3, 0.4) is 0 Å². The number of rotatable bonds is 5. The summed E-state index contributed by atoms with van der Waals surface area (Å²) in [5.74, 6) is 0.390. The normalized spacial score (nSPS) is 16.0. The van der Waals surface area contributed by atoms with Gasteiger partial charge < -0.3 is 10.6 Å². The maximum absolute atomic E-state index is 12.8. The van der Waals surface area contributed by atoms with E-state index in [1.165, 1.54) is 43.4 Å². The molecule has 0 aromatic heterocycles. The summed E-state index contributed by atoms with van der Waals surface area (Å²) in [4.78, 5) is 11.7. The Morgan fingerprint density at radius 3 is 2.62 bits per heavy atom. The Kier molecular flexibility index (Phi) is 5.78. The molecule has 114 valence electrons. The molecule has 1 aromatic carbocycles. The van der Waals surface area contributed by atoms with Gasteiger partial charge in [-0.1, -0.05) is 30.5 Å². The summed E-state index contributed by atoms with van der Waals surface area (Å²) in [6, 6.07) is 6.15. The van der Waals surface area contributed by atoms with Crippen molar-refractivity contribution >= 4 is 6.03 Å². The van der Waals surface area contributed by atoms with E-state index in [4.69, 9.17) is 0 Å². The van der Waals surface area contributed by atoms with Gasteiger partial charge in [0.05, 0.1) is 0 Å². The highest BCUT2D eigenvalue weighted by molar-refractivity contribution is 5.74. The van der Waals surface area contributed by atoms with Crippen molar-refractivity contribution in [3.63, 3.8) is 0 Å². The Balaban J connectivity index is 1.67. The minimum atomic E-state index is -0.239. The van der Waals surface area contributed by atoms with Gasteiger partial charge in [-0.15, -0.1) is 0 Å². The summed E-state index contributed by atoms with van der Waals surface area (Å²) in [6.45, 7) is 2.61. The van der Waals surface area contributed by atoms with E-state index in [1.807, 2.05) is 6.20 Å². The molecule has 1 aromatic rings. The summed E-state index contributed by atoms with van der Waals surface area (Å²) in [6.07, 6.45) is 7.56. The molecule has 0 heterocycles.